The first-order valence-corrected chi connectivity index (χ1v) is 5.78. The number of nitrogens with two attached hydrogens (primary N) is 1. The minimum atomic E-state index is -0.356. The minimum absolute atomic E-state index is 0.356. The van der Waals surface area contributed by atoms with E-state index in [0.29, 0.717) is 4.88 Å². The lowest BCUT2D eigenvalue weighted by atomic mass is 10.1. The number of primary amides is 1. The van der Waals surface area contributed by atoms with Gasteiger partial charge in [0.25, 0.3) is 5.91 Å². The van der Waals surface area contributed by atoms with Crippen LogP contribution < -0.4 is 5.73 Å². The third-order valence-electron chi connectivity index (χ3n) is 2.63. The first kappa shape index (κ1) is 9.36. The number of carbonyl (C=O) groups excluding carboxylic acids is 1. The molecule has 2 nitrogen and oxygen atoms in total. The lowest BCUT2D eigenvalue weighted by molar-refractivity contribution is 0.100. The van der Waals surface area contributed by atoms with E-state index in [0.717, 1.165) is 10.1 Å². The molecule has 0 unspecified atom stereocenters. The monoisotopic (exact) mass is 227 g/mol. The molecule has 0 fully saturated rings. The highest BCUT2D eigenvalue weighted by Crippen LogP contribution is 2.29. The van der Waals surface area contributed by atoms with Crippen LogP contribution in [0.15, 0.2) is 42.5 Å². The molecule has 0 bridgehead atoms. The Hall–Kier alpha value is -1.87. The number of hydrogen-bond donors (Lipinski definition) is 1. The Labute approximate surface area is 96.3 Å². The van der Waals surface area contributed by atoms with Crippen LogP contribution in [0.25, 0.3) is 20.9 Å². The average molecular weight is 227 g/mol. The van der Waals surface area contributed by atoms with Gasteiger partial charge in [0, 0.05) is 4.70 Å². The fourth-order valence-electron chi connectivity index (χ4n) is 1.85. The van der Waals surface area contributed by atoms with E-state index in [-0.39, 0.29) is 5.91 Å². The van der Waals surface area contributed by atoms with Gasteiger partial charge in [-0.3, -0.25) is 4.79 Å². The third kappa shape index (κ3) is 1.37. The number of amides is 1. The number of thiophene rings is 1. The fourth-order valence-corrected chi connectivity index (χ4v) is 2.79. The summed E-state index contributed by atoms with van der Waals surface area (Å²) < 4.78 is 1.10. The quantitative estimate of drug-likeness (QED) is 0.681. The van der Waals surface area contributed by atoms with Crippen molar-refractivity contribution in [3.63, 3.8) is 0 Å². The molecule has 0 aliphatic heterocycles. The molecule has 1 amide bonds. The topological polar surface area (TPSA) is 43.1 Å². The number of fused-ring (bicyclic) bond motifs is 2. The zero-order valence-corrected chi connectivity index (χ0v) is 9.25. The molecule has 0 aliphatic carbocycles. The molecule has 3 rings (SSSR count). The molecular formula is C13H9NOS. The number of carbonyl (C=O) groups is 1. The van der Waals surface area contributed by atoms with Gasteiger partial charge in [-0.2, -0.15) is 0 Å². The van der Waals surface area contributed by atoms with E-state index >= 15 is 0 Å². The van der Waals surface area contributed by atoms with Crippen molar-refractivity contribution in [2.24, 2.45) is 5.73 Å². The van der Waals surface area contributed by atoms with E-state index in [1.54, 1.807) is 0 Å². The summed E-state index contributed by atoms with van der Waals surface area (Å²) in [6, 6.07) is 14.2. The molecule has 0 saturated carbocycles. The molecule has 0 saturated heterocycles. The summed E-state index contributed by atoms with van der Waals surface area (Å²) in [5, 5.41) is 3.45. The molecule has 3 aromatic rings. The van der Waals surface area contributed by atoms with E-state index in [1.165, 1.54) is 22.1 Å². The van der Waals surface area contributed by atoms with E-state index in [4.69, 9.17) is 5.73 Å². The van der Waals surface area contributed by atoms with E-state index in [9.17, 15) is 4.79 Å². The van der Waals surface area contributed by atoms with Crippen LogP contribution >= 0.6 is 11.3 Å². The maximum atomic E-state index is 11.1. The molecule has 1 aromatic heterocycles. The average Bonchev–Trinajstić information content (AvgIpc) is 2.68. The van der Waals surface area contributed by atoms with Gasteiger partial charge in [0.15, 0.2) is 0 Å². The van der Waals surface area contributed by atoms with Crippen molar-refractivity contribution in [2.45, 2.75) is 0 Å². The SMILES string of the molecule is NC(=O)c1cc2cc3ccccc3cc2s1. The highest BCUT2D eigenvalue weighted by Gasteiger charge is 2.07. The van der Waals surface area contributed by atoms with Crippen LogP contribution in [-0.4, -0.2) is 5.91 Å². The van der Waals surface area contributed by atoms with E-state index in [2.05, 4.69) is 24.3 Å². The second kappa shape index (κ2) is 3.32. The highest BCUT2D eigenvalue weighted by molar-refractivity contribution is 7.20. The van der Waals surface area contributed by atoms with Gasteiger partial charge in [-0.05, 0) is 34.4 Å². The molecule has 2 N–H and O–H groups in total. The van der Waals surface area contributed by atoms with Crippen LogP contribution in [0, 0.1) is 0 Å². The Morgan fingerprint density at radius 1 is 1.00 bits per heavy atom. The lowest BCUT2D eigenvalue weighted by Gasteiger charge is -1.96. The van der Waals surface area contributed by atoms with Crippen molar-refractivity contribution in [2.75, 3.05) is 0 Å². The summed E-state index contributed by atoms with van der Waals surface area (Å²) in [6.45, 7) is 0. The first-order valence-electron chi connectivity index (χ1n) is 4.96. The van der Waals surface area contributed by atoms with Crippen LogP contribution in [0.2, 0.25) is 0 Å². The predicted molar refractivity (Wildman–Crippen MR) is 67.8 cm³/mol. The molecular weight excluding hydrogens is 218 g/mol. The van der Waals surface area contributed by atoms with Gasteiger partial charge < -0.3 is 5.73 Å². The molecule has 1 heterocycles. The molecule has 0 atom stereocenters. The number of rotatable bonds is 1. The van der Waals surface area contributed by atoms with Crippen LogP contribution in [0.3, 0.4) is 0 Å². The smallest absolute Gasteiger partial charge is 0.258 e. The third-order valence-corrected chi connectivity index (χ3v) is 3.74. The molecule has 16 heavy (non-hydrogen) atoms. The summed E-state index contributed by atoms with van der Waals surface area (Å²) in [4.78, 5) is 11.7. The summed E-state index contributed by atoms with van der Waals surface area (Å²) in [6.07, 6.45) is 0. The van der Waals surface area contributed by atoms with Crippen molar-refractivity contribution in [3.8, 4) is 0 Å². The maximum absolute atomic E-state index is 11.1. The molecule has 0 aliphatic rings. The maximum Gasteiger partial charge on any atom is 0.258 e. The molecule has 2 aromatic carbocycles. The minimum Gasteiger partial charge on any atom is -0.365 e. The van der Waals surface area contributed by atoms with Gasteiger partial charge in [0.05, 0.1) is 4.88 Å². The van der Waals surface area contributed by atoms with Gasteiger partial charge in [0.1, 0.15) is 0 Å². The van der Waals surface area contributed by atoms with Gasteiger partial charge >= 0.3 is 0 Å². The summed E-state index contributed by atoms with van der Waals surface area (Å²) in [5.74, 6) is -0.356. The Bertz CT molecular complexity index is 647. The fraction of sp³-hybridized carbons (Fsp3) is 0. The largest absolute Gasteiger partial charge is 0.365 e. The molecule has 0 spiro atoms. The summed E-state index contributed by atoms with van der Waals surface area (Å²) in [7, 11) is 0. The normalized spacial score (nSPS) is 11.0. The second-order valence-corrected chi connectivity index (χ2v) is 4.80. The Morgan fingerprint density at radius 2 is 1.69 bits per heavy atom. The molecule has 0 radical (unpaired) electrons. The van der Waals surface area contributed by atoms with Gasteiger partial charge in [-0.1, -0.05) is 24.3 Å². The van der Waals surface area contributed by atoms with E-state index in [1.807, 2.05) is 18.2 Å². The molecule has 3 heteroatoms. The standard InChI is InChI=1S/C13H9NOS/c14-13(15)12-7-10-5-8-3-1-2-4-9(8)6-11(10)16-12/h1-7H,(H2,14,15). The first-order chi connectivity index (χ1) is 7.74. The van der Waals surface area contributed by atoms with Crippen molar-refractivity contribution in [3.05, 3.63) is 47.3 Å². The zero-order chi connectivity index (χ0) is 11.1. The van der Waals surface area contributed by atoms with Crippen molar-refractivity contribution in [1.29, 1.82) is 0 Å². The van der Waals surface area contributed by atoms with Crippen LogP contribution in [0.5, 0.6) is 0 Å². The van der Waals surface area contributed by atoms with Crippen LogP contribution in [0.1, 0.15) is 9.67 Å². The Balaban J connectivity index is 2.38. The van der Waals surface area contributed by atoms with Gasteiger partial charge in [-0.15, -0.1) is 11.3 Å². The van der Waals surface area contributed by atoms with Gasteiger partial charge in [0.2, 0.25) is 0 Å². The Morgan fingerprint density at radius 3 is 2.38 bits per heavy atom. The number of benzene rings is 2. The molecule has 78 valence electrons. The Kier molecular flexibility index (Phi) is 1.94. The highest BCUT2D eigenvalue weighted by atomic mass is 32.1. The van der Waals surface area contributed by atoms with Gasteiger partial charge in [-0.25, -0.2) is 0 Å². The number of hydrogen-bond acceptors (Lipinski definition) is 2. The van der Waals surface area contributed by atoms with Crippen LogP contribution in [0.4, 0.5) is 0 Å². The van der Waals surface area contributed by atoms with Crippen molar-refractivity contribution >= 4 is 38.1 Å². The summed E-state index contributed by atoms with van der Waals surface area (Å²) >= 11 is 1.45. The zero-order valence-electron chi connectivity index (χ0n) is 8.44. The van der Waals surface area contributed by atoms with Crippen molar-refractivity contribution < 1.29 is 4.79 Å². The summed E-state index contributed by atoms with van der Waals surface area (Å²) in [5.41, 5.74) is 5.27. The van der Waals surface area contributed by atoms with Crippen molar-refractivity contribution in [1.82, 2.24) is 0 Å². The van der Waals surface area contributed by atoms with E-state index < -0.39 is 0 Å². The second-order valence-electron chi connectivity index (χ2n) is 3.71. The predicted octanol–water partition coefficient (Wildman–Crippen LogP) is 3.15. The van der Waals surface area contributed by atoms with Crippen LogP contribution in [-0.2, 0) is 0 Å². The lowest BCUT2D eigenvalue weighted by Crippen LogP contribution is -2.07.